The highest BCUT2D eigenvalue weighted by atomic mass is 16.5. The number of aliphatic hydroxyl groups is 1. The molecule has 0 saturated carbocycles. The molecule has 1 amide bonds. The summed E-state index contributed by atoms with van der Waals surface area (Å²) >= 11 is 0. The first kappa shape index (κ1) is 10.5. The van der Waals surface area contributed by atoms with E-state index in [9.17, 15) is 4.79 Å². The number of morpholine rings is 1. The largest absolute Gasteiger partial charge is 0.387 e. The summed E-state index contributed by atoms with van der Waals surface area (Å²) in [5.41, 5.74) is -0.303. The number of aliphatic hydroxyl groups excluding tert-OH is 1. The monoisotopic (exact) mass is 187 g/mol. The van der Waals surface area contributed by atoms with Crippen molar-refractivity contribution in [1.29, 1.82) is 0 Å². The van der Waals surface area contributed by atoms with Crippen molar-refractivity contribution in [3.05, 3.63) is 0 Å². The molecular formula is C9H17NO3. The molecular weight excluding hydrogens is 170 g/mol. The average molecular weight is 187 g/mol. The summed E-state index contributed by atoms with van der Waals surface area (Å²) in [4.78, 5) is 12.9. The summed E-state index contributed by atoms with van der Waals surface area (Å²) in [6, 6.07) is 0. The number of hydrogen-bond acceptors (Lipinski definition) is 3. The summed E-state index contributed by atoms with van der Waals surface area (Å²) in [5.74, 6) is -0.219. The van der Waals surface area contributed by atoms with Crippen LogP contribution >= 0.6 is 0 Å². The minimum atomic E-state index is -0.414. The molecule has 1 rings (SSSR count). The Bertz CT molecular complexity index is 203. The van der Waals surface area contributed by atoms with Crippen molar-refractivity contribution >= 4 is 5.91 Å². The standard InChI is InChI=1S/C9H17NO3/c1-7-4-10(8(12)5-11)6-9(2,3)13-7/h7,11H,4-6H2,1-3H3. The lowest BCUT2D eigenvalue weighted by molar-refractivity contribution is -0.160. The Morgan fingerprint density at radius 2 is 2.31 bits per heavy atom. The molecule has 1 saturated heterocycles. The average Bonchev–Trinajstić information content (AvgIpc) is 1.99. The van der Waals surface area contributed by atoms with E-state index in [0.717, 1.165) is 0 Å². The summed E-state index contributed by atoms with van der Waals surface area (Å²) in [6.07, 6.45) is 0.0410. The molecule has 0 bridgehead atoms. The van der Waals surface area contributed by atoms with E-state index in [1.54, 1.807) is 4.90 Å². The Balaban J connectivity index is 2.62. The fourth-order valence-electron chi connectivity index (χ4n) is 1.74. The first-order valence-electron chi connectivity index (χ1n) is 4.51. The third kappa shape index (κ3) is 2.67. The van der Waals surface area contributed by atoms with Crippen molar-refractivity contribution in [3.8, 4) is 0 Å². The van der Waals surface area contributed by atoms with Gasteiger partial charge in [-0.3, -0.25) is 4.79 Å². The van der Waals surface area contributed by atoms with Gasteiger partial charge < -0.3 is 14.7 Å². The van der Waals surface area contributed by atoms with Gasteiger partial charge in [-0.1, -0.05) is 0 Å². The van der Waals surface area contributed by atoms with Crippen LogP contribution in [0.1, 0.15) is 20.8 Å². The second-order valence-corrected chi connectivity index (χ2v) is 4.12. The zero-order valence-electron chi connectivity index (χ0n) is 8.41. The van der Waals surface area contributed by atoms with Crippen LogP contribution in [0.5, 0.6) is 0 Å². The summed E-state index contributed by atoms with van der Waals surface area (Å²) < 4.78 is 5.62. The Hall–Kier alpha value is -0.610. The maximum atomic E-state index is 11.2. The van der Waals surface area contributed by atoms with Crippen molar-refractivity contribution < 1.29 is 14.6 Å². The molecule has 4 nitrogen and oxygen atoms in total. The Morgan fingerprint density at radius 1 is 1.69 bits per heavy atom. The van der Waals surface area contributed by atoms with Gasteiger partial charge in [0.2, 0.25) is 5.91 Å². The van der Waals surface area contributed by atoms with E-state index in [4.69, 9.17) is 9.84 Å². The third-order valence-electron chi connectivity index (χ3n) is 2.06. The molecule has 1 aliphatic rings. The number of nitrogens with zero attached hydrogens (tertiary/aromatic N) is 1. The van der Waals surface area contributed by atoms with Crippen molar-refractivity contribution in [3.63, 3.8) is 0 Å². The van der Waals surface area contributed by atoms with Crippen molar-refractivity contribution in [2.45, 2.75) is 32.5 Å². The van der Waals surface area contributed by atoms with Crippen LogP contribution in [0, 0.1) is 0 Å². The molecule has 1 atom stereocenters. The van der Waals surface area contributed by atoms with Crippen LogP contribution in [0.4, 0.5) is 0 Å². The van der Waals surface area contributed by atoms with Gasteiger partial charge >= 0.3 is 0 Å². The van der Waals surface area contributed by atoms with Gasteiger partial charge in [-0.05, 0) is 20.8 Å². The zero-order valence-corrected chi connectivity index (χ0v) is 8.41. The molecule has 0 aromatic heterocycles. The molecule has 1 heterocycles. The van der Waals surface area contributed by atoms with Gasteiger partial charge in [0.1, 0.15) is 6.61 Å². The maximum absolute atomic E-state index is 11.2. The number of rotatable bonds is 1. The molecule has 0 aliphatic carbocycles. The highest BCUT2D eigenvalue weighted by Gasteiger charge is 2.33. The van der Waals surface area contributed by atoms with Crippen molar-refractivity contribution in [2.75, 3.05) is 19.7 Å². The SMILES string of the molecule is CC1CN(C(=O)CO)CC(C)(C)O1. The Morgan fingerprint density at radius 3 is 2.77 bits per heavy atom. The molecule has 4 heteroatoms. The number of ether oxygens (including phenoxy) is 1. The van der Waals surface area contributed by atoms with E-state index < -0.39 is 6.61 Å². The Labute approximate surface area is 78.5 Å². The van der Waals surface area contributed by atoms with E-state index in [1.807, 2.05) is 20.8 Å². The first-order valence-corrected chi connectivity index (χ1v) is 4.51. The number of amides is 1. The van der Waals surface area contributed by atoms with Crippen LogP contribution in [0.3, 0.4) is 0 Å². The van der Waals surface area contributed by atoms with Crippen LogP contribution in [0.15, 0.2) is 0 Å². The van der Waals surface area contributed by atoms with Gasteiger partial charge in [0.05, 0.1) is 11.7 Å². The lowest BCUT2D eigenvalue weighted by atomic mass is 10.1. The molecule has 0 radical (unpaired) electrons. The molecule has 1 unspecified atom stereocenters. The van der Waals surface area contributed by atoms with Gasteiger partial charge in [0.25, 0.3) is 0 Å². The molecule has 1 fully saturated rings. The predicted molar refractivity (Wildman–Crippen MR) is 48.3 cm³/mol. The van der Waals surface area contributed by atoms with E-state index >= 15 is 0 Å². The van der Waals surface area contributed by atoms with Crippen LogP contribution in [0.2, 0.25) is 0 Å². The minimum absolute atomic E-state index is 0.0410. The third-order valence-corrected chi connectivity index (χ3v) is 2.06. The van der Waals surface area contributed by atoms with Crippen LogP contribution in [-0.2, 0) is 9.53 Å². The number of carbonyl (C=O) groups is 1. The molecule has 13 heavy (non-hydrogen) atoms. The lowest BCUT2D eigenvalue weighted by Gasteiger charge is -2.41. The second kappa shape index (κ2) is 3.64. The van der Waals surface area contributed by atoms with Crippen LogP contribution in [0.25, 0.3) is 0 Å². The Kier molecular flexibility index (Phi) is 2.93. The number of hydrogen-bond donors (Lipinski definition) is 1. The molecule has 0 spiro atoms. The molecule has 76 valence electrons. The first-order chi connectivity index (χ1) is 5.94. The highest BCUT2D eigenvalue weighted by Crippen LogP contribution is 2.20. The highest BCUT2D eigenvalue weighted by molar-refractivity contribution is 5.77. The molecule has 0 aromatic carbocycles. The molecule has 0 aromatic rings. The summed E-state index contributed by atoms with van der Waals surface area (Å²) in [6.45, 7) is 6.53. The minimum Gasteiger partial charge on any atom is -0.387 e. The number of carbonyl (C=O) groups excluding carboxylic acids is 1. The molecule has 1 N–H and O–H groups in total. The van der Waals surface area contributed by atoms with E-state index in [2.05, 4.69) is 0 Å². The van der Waals surface area contributed by atoms with Crippen LogP contribution < -0.4 is 0 Å². The van der Waals surface area contributed by atoms with Gasteiger partial charge in [-0.2, -0.15) is 0 Å². The second-order valence-electron chi connectivity index (χ2n) is 4.12. The zero-order chi connectivity index (χ0) is 10.1. The van der Waals surface area contributed by atoms with E-state index in [1.165, 1.54) is 0 Å². The van der Waals surface area contributed by atoms with E-state index in [-0.39, 0.29) is 17.6 Å². The quantitative estimate of drug-likeness (QED) is 0.629. The predicted octanol–water partition coefficient (Wildman–Crippen LogP) is 0.00460. The summed E-state index contributed by atoms with van der Waals surface area (Å²) in [5, 5.41) is 8.71. The smallest absolute Gasteiger partial charge is 0.248 e. The molecule has 1 aliphatic heterocycles. The lowest BCUT2D eigenvalue weighted by Crippen LogP contribution is -2.54. The van der Waals surface area contributed by atoms with Crippen LogP contribution in [-0.4, -0.2) is 47.3 Å². The maximum Gasteiger partial charge on any atom is 0.248 e. The van der Waals surface area contributed by atoms with Crippen molar-refractivity contribution in [1.82, 2.24) is 4.90 Å². The summed E-state index contributed by atoms with van der Waals surface area (Å²) in [7, 11) is 0. The van der Waals surface area contributed by atoms with Gasteiger partial charge in [0.15, 0.2) is 0 Å². The van der Waals surface area contributed by atoms with Gasteiger partial charge in [-0.25, -0.2) is 0 Å². The van der Waals surface area contributed by atoms with Gasteiger partial charge in [-0.15, -0.1) is 0 Å². The van der Waals surface area contributed by atoms with Gasteiger partial charge in [0, 0.05) is 13.1 Å². The fraction of sp³-hybridized carbons (Fsp3) is 0.889. The normalized spacial score (nSPS) is 27.4. The fourth-order valence-corrected chi connectivity index (χ4v) is 1.74. The topological polar surface area (TPSA) is 49.8 Å². The van der Waals surface area contributed by atoms with E-state index in [0.29, 0.717) is 13.1 Å². The van der Waals surface area contributed by atoms with Crippen molar-refractivity contribution in [2.24, 2.45) is 0 Å².